The first kappa shape index (κ1) is 11.1. The van der Waals surface area contributed by atoms with Gasteiger partial charge in [-0.3, -0.25) is 4.79 Å². The van der Waals surface area contributed by atoms with E-state index in [0.717, 1.165) is 6.54 Å². The maximum absolute atomic E-state index is 11.6. The van der Waals surface area contributed by atoms with Crippen LogP contribution in [0.1, 0.15) is 16.9 Å². The third-order valence-corrected chi connectivity index (χ3v) is 2.74. The van der Waals surface area contributed by atoms with E-state index >= 15 is 0 Å². The van der Waals surface area contributed by atoms with Gasteiger partial charge in [0.1, 0.15) is 5.69 Å². The average molecular weight is 224 g/mol. The summed E-state index contributed by atoms with van der Waals surface area (Å²) < 4.78 is 1.71. The van der Waals surface area contributed by atoms with E-state index < -0.39 is 5.60 Å². The lowest BCUT2D eigenvalue weighted by Gasteiger charge is -2.21. The molecule has 0 aromatic carbocycles. The molecule has 1 aliphatic rings. The number of hydrogen-bond acceptors (Lipinski definition) is 4. The van der Waals surface area contributed by atoms with Crippen molar-refractivity contribution in [1.82, 2.24) is 20.2 Å². The summed E-state index contributed by atoms with van der Waals surface area (Å²) in [5, 5.41) is 15.7. The first-order valence-corrected chi connectivity index (χ1v) is 5.28. The zero-order valence-electron chi connectivity index (χ0n) is 9.23. The van der Waals surface area contributed by atoms with Gasteiger partial charge in [0.2, 0.25) is 0 Å². The molecule has 1 amide bonds. The van der Waals surface area contributed by atoms with E-state index in [1.165, 1.54) is 0 Å². The number of hydrogen-bond donors (Lipinski definition) is 3. The fourth-order valence-corrected chi connectivity index (χ4v) is 1.75. The lowest BCUT2D eigenvalue weighted by Crippen LogP contribution is -2.44. The standard InChI is InChI=1S/C10H16N4O2/c1-14-4-8(13-7-14)9(15)12-6-10(16)2-3-11-5-10/h4,7,11,16H,2-3,5-6H2,1H3,(H,12,15). The Morgan fingerprint density at radius 1 is 1.81 bits per heavy atom. The Morgan fingerprint density at radius 3 is 3.19 bits per heavy atom. The number of nitrogens with zero attached hydrogens (tertiary/aromatic N) is 2. The second kappa shape index (κ2) is 4.23. The Kier molecular flexibility index (Phi) is 2.93. The molecule has 0 aliphatic carbocycles. The number of carbonyl (C=O) groups is 1. The van der Waals surface area contributed by atoms with Gasteiger partial charge in [-0.25, -0.2) is 4.98 Å². The highest BCUT2D eigenvalue weighted by Crippen LogP contribution is 2.12. The number of carbonyl (C=O) groups excluding carboxylic acids is 1. The SMILES string of the molecule is Cn1cnc(C(=O)NCC2(O)CCNC2)c1. The fourth-order valence-electron chi connectivity index (χ4n) is 1.75. The largest absolute Gasteiger partial charge is 0.387 e. The normalized spacial score (nSPS) is 24.6. The number of imidazole rings is 1. The minimum absolute atomic E-state index is 0.249. The van der Waals surface area contributed by atoms with Crippen LogP contribution in [0.25, 0.3) is 0 Å². The molecule has 2 rings (SSSR count). The lowest BCUT2D eigenvalue weighted by molar-refractivity contribution is 0.0560. The van der Waals surface area contributed by atoms with Crippen LogP contribution in [0.15, 0.2) is 12.5 Å². The van der Waals surface area contributed by atoms with Crippen molar-refractivity contribution in [2.75, 3.05) is 19.6 Å². The molecule has 88 valence electrons. The molecule has 1 saturated heterocycles. The van der Waals surface area contributed by atoms with Crippen molar-refractivity contribution in [3.05, 3.63) is 18.2 Å². The van der Waals surface area contributed by atoms with Crippen LogP contribution < -0.4 is 10.6 Å². The number of rotatable bonds is 3. The Balaban J connectivity index is 1.88. The Labute approximate surface area is 93.7 Å². The molecule has 16 heavy (non-hydrogen) atoms. The van der Waals surface area contributed by atoms with Crippen molar-refractivity contribution in [2.24, 2.45) is 7.05 Å². The van der Waals surface area contributed by atoms with Crippen molar-refractivity contribution in [3.8, 4) is 0 Å². The van der Waals surface area contributed by atoms with Crippen LogP contribution in [0, 0.1) is 0 Å². The smallest absolute Gasteiger partial charge is 0.271 e. The highest BCUT2D eigenvalue weighted by Gasteiger charge is 2.31. The van der Waals surface area contributed by atoms with Gasteiger partial charge >= 0.3 is 0 Å². The number of β-amino-alcohol motifs (C(OH)–C–C–N with tert-alkyl or cyclic N) is 1. The van der Waals surface area contributed by atoms with E-state index in [-0.39, 0.29) is 12.5 Å². The van der Waals surface area contributed by atoms with Crippen LogP contribution in [-0.2, 0) is 7.05 Å². The summed E-state index contributed by atoms with van der Waals surface area (Å²) in [5.74, 6) is -0.249. The molecular formula is C10H16N4O2. The number of aromatic nitrogens is 2. The minimum Gasteiger partial charge on any atom is -0.387 e. The number of aryl methyl sites for hydroxylation is 1. The van der Waals surface area contributed by atoms with Crippen molar-refractivity contribution in [3.63, 3.8) is 0 Å². The quantitative estimate of drug-likeness (QED) is 0.607. The second-order valence-electron chi connectivity index (χ2n) is 4.26. The average Bonchev–Trinajstić information content (AvgIpc) is 2.85. The molecule has 6 heteroatoms. The van der Waals surface area contributed by atoms with Gasteiger partial charge in [-0.1, -0.05) is 0 Å². The molecule has 1 fully saturated rings. The molecule has 3 N–H and O–H groups in total. The predicted octanol–water partition coefficient (Wildman–Crippen LogP) is -1.13. The molecule has 1 unspecified atom stereocenters. The first-order chi connectivity index (χ1) is 7.59. The highest BCUT2D eigenvalue weighted by molar-refractivity contribution is 5.92. The minimum atomic E-state index is -0.815. The summed E-state index contributed by atoms with van der Waals surface area (Å²) in [4.78, 5) is 15.6. The van der Waals surface area contributed by atoms with Gasteiger partial charge in [0, 0.05) is 26.3 Å². The molecule has 2 heterocycles. The van der Waals surface area contributed by atoms with E-state index in [4.69, 9.17) is 0 Å². The summed E-state index contributed by atoms with van der Waals surface area (Å²) in [6.07, 6.45) is 3.88. The second-order valence-corrected chi connectivity index (χ2v) is 4.26. The fraction of sp³-hybridized carbons (Fsp3) is 0.600. The van der Waals surface area contributed by atoms with Crippen LogP contribution in [0.4, 0.5) is 0 Å². The van der Waals surface area contributed by atoms with Gasteiger partial charge in [0.05, 0.1) is 11.9 Å². The summed E-state index contributed by atoms with van der Waals surface area (Å²) in [5.41, 5.74) is -0.443. The van der Waals surface area contributed by atoms with Crippen molar-refractivity contribution in [2.45, 2.75) is 12.0 Å². The van der Waals surface area contributed by atoms with E-state index in [0.29, 0.717) is 18.7 Å². The zero-order chi connectivity index (χ0) is 11.6. The van der Waals surface area contributed by atoms with Gasteiger partial charge in [-0.05, 0) is 13.0 Å². The van der Waals surface area contributed by atoms with E-state index in [9.17, 15) is 9.90 Å². The summed E-state index contributed by atoms with van der Waals surface area (Å²) in [6, 6.07) is 0. The molecule has 1 aromatic heterocycles. The zero-order valence-corrected chi connectivity index (χ0v) is 9.23. The maximum atomic E-state index is 11.6. The first-order valence-electron chi connectivity index (χ1n) is 5.28. The Morgan fingerprint density at radius 2 is 2.62 bits per heavy atom. The van der Waals surface area contributed by atoms with Gasteiger partial charge in [0.25, 0.3) is 5.91 Å². The molecule has 0 radical (unpaired) electrons. The molecule has 0 spiro atoms. The third-order valence-electron chi connectivity index (χ3n) is 2.74. The van der Waals surface area contributed by atoms with E-state index in [1.807, 2.05) is 0 Å². The third kappa shape index (κ3) is 2.40. The van der Waals surface area contributed by atoms with Crippen LogP contribution >= 0.6 is 0 Å². The monoisotopic (exact) mass is 224 g/mol. The molecule has 0 saturated carbocycles. The molecule has 1 aromatic rings. The van der Waals surface area contributed by atoms with Crippen molar-refractivity contribution < 1.29 is 9.90 Å². The van der Waals surface area contributed by atoms with E-state index in [2.05, 4.69) is 15.6 Å². The Hall–Kier alpha value is -1.40. The van der Waals surface area contributed by atoms with Crippen molar-refractivity contribution >= 4 is 5.91 Å². The summed E-state index contributed by atoms with van der Waals surface area (Å²) in [6.45, 7) is 1.57. The van der Waals surface area contributed by atoms with Crippen LogP contribution in [0.5, 0.6) is 0 Å². The topological polar surface area (TPSA) is 79.2 Å². The van der Waals surface area contributed by atoms with Gasteiger partial charge in [-0.15, -0.1) is 0 Å². The maximum Gasteiger partial charge on any atom is 0.271 e. The van der Waals surface area contributed by atoms with Gasteiger partial charge < -0.3 is 20.3 Å². The molecule has 1 atom stereocenters. The summed E-state index contributed by atoms with van der Waals surface area (Å²) in [7, 11) is 1.80. The van der Waals surface area contributed by atoms with Crippen LogP contribution in [0.3, 0.4) is 0 Å². The number of amides is 1. The number of nitrogens with one attached hydrogen (secondary N) is 2. The number of aliphatic hydroxyl groups is 1. The van der Waals surface area contributed by atoms with E-state index in [1.54, 1.807) is 24.1 Å². The van der Waals surface area contributed by atoms with Gasteiger partial charge in [0.15, 0.2) is 0 Å². The highest BCUT2D eigenvalue weighted by atomic mass is 16.3. The van der Waals surface area contributed by atoms with Crippen LogP contribution in [-0.4, -0.2) is 45.8 Å². The molecule has 6 nitrogen and oxygen atoms in total. The Bertz CT molecular complexity index is 382. The lowest BCUT2D eigenvalue weighted by atomic mass is 10.0. The van der Waals surface area contributed by atoms with Crippen molar-refractivity contribution in [1.29, 1.82) is 0 Å². The summed E-state index contributed by atoms with van der Waals surface area (Å²) >= 11 is 0. The molecular weight excluding hydrogens is 208 g/mol. The molecule has 1 aliphatic heterocycles. The predicted molar refractivity (Wildman–Crippen MR) is 58.0 cm³/mol. The molecule has 0 bridgehead atoms. The van der Waals surface area contributed by atoms with Gasteiger partial charge in [-0.2, -0.15) is 0 Å². The van der Waals surface area contributed by atoms with Crippen LogP contribution in [0.2, 0.25) is 0 Å².